The van der Waals surface area contributed by atoms with Crippen LogP contribution in [0.4, 0.5) is 5.69 Å². The average molecular weight is 242 g/mol. The number of nitrogens with one attached hydrogen (secondary N) is 1. The predicted octanol–water partition coefficient (Wildman–Crippen LogP) is 1.19. The Hall–Kier alpha value is -2.30. The van der Waals surface area contributed by atoms with Crippen LogP contribution in [0.25, 0.3) is 0 Å². The van der Waals surface area contributed by atoms with E-state index in [0.29, 0.717) is 18.7 Å². The summed E-state index contributed by atoms with van der Waals surface area (Å²) in [4.78, 5) is 14.0. The number of carbonyl (C=O) groups excluding carboxylic acids is 1. The number of amides is 1. The Morgan fingerprint density at radius 1 is 1.44 bits per heavy atom. The van der Waals surface area contributed by atoms with Gasteiger partial charge in [-0.05, 0) is 23.6 Å². The minimum atomic E-state index is 0.0109. The highest BCUT2D eigenvalue weighted by atomic mass is 16.2. The molecule has 0 saturated carbocycles. The van der Waals surface area contributed by atoms with Crippen LogP contribution in [-0.2, 0) is 13.0 Å². The molecule has 0 spiro atoms. The van der Waals surface area contributed by atoms with Crippen molar-refractivity contribution in [1.82, 2.24) is 15.1 Å². The predicted molar refractivity (Wildman–Crippen MR) is 67.9 cm³/mol. The van der Waals surface area contributed by atoms with Gasteiger partial charge in [-0.3, -0.25) is 9.89 Å². The second-order valence-corrected chi connectivity index (χ2v) is 4.45. The lowest BCUT2D eigenvalue weighted by molar-refractivity contribution is 0.0735. The van der Waals surface area contributed by atoms with Crippen molar-refractivity contribution in [3.05, 3.63) is 47.3 Å². The number of hydrogen-bond acceptors (Lipinski definition) is 3. The molecule has 0 atom stereocenters. The smallest absolute Gasteiger partial charge is 0.257 e. The Bertz CT molecular complexity index is 577. The van der Waals surface area contributed by atoms with Crippen LogP contribution in [0, 0.1) is 0 Å². The van der Waals surface area contributed by atoms with Crippen LogP contribution in [0.5, 0.6) is 0 Å². The minimum absolute atomic E-state index is 0.0109. The van der Waals surface area contributed by atoms with Crippen molar-refractivity contribution in [2.24, 2.45) is 0 Å². The van der Waals surface area contributed by atoms with Crippen molar-refractivity contribution in [3.63, 3.8) is 0 Å². The van der Waals surface area contributed by atoms with Crippen molar-refractivity contribution in [1.29, 1.82) is 0 Å². The summed E-state index contributed by atoms with van der Waals surface area (Å²) >= 11 is 0. The number of carbonyl (C=O) groups is 1. The molecule has 1 aliphatic heterocycles. The number of rotatable bonds is 1. The number of aromatic nitrogens is 2. The van der Waals surface area contributed by atoms with Crippen LogP contribution < -0.4 is 5.73 Å². The zero-order valence-corrected chi connectivity index (χ0v) is 9.89. The van der Waals surface area contributed by atoms with Gasteiger partial charge < -0.3 is 10.6 Å². The lowest BCUT2D eigenvalue weighted by Crippen LogP contribution is -2.36. The Morgan fingerprint density at radius 2 is 2.33 bits per heavy atom. The molecule has 18 heavy (non-hydrogen) atoms. The molecule has 0 unspecified atom stereocenters. The molecule has 1 amide bonds. The van der Waals surface area contributed by atoms with Gasteiger partial charge in [0.2, 0.25) is 0 Å². The third-order valence-corrected chi connectivity index (χ3v) is 3.33. The molecular formula is C13H14N4O. The lowest BCUT2D eigenvalue weighted by atomic mass is 9.97. The zero-order chi connectivity index (χ0) is 12.5. The molecule has 5 heteroatoms. The van der Waals surface area contributed by atoms with E-state index in [4.69, 9.17) is 5.73 Å². The summed E-state index contributed by atoms with van der Waals surface area (Å²) in [6.07, 6.45) is 3.99. The van der Waals surface area contributed by atoms with E-state index in [1.807, 2.05) is 23.1 Å². The van der Waals surface area contributed by atoms with Crippen LogP contribution in [0.15, 0.2) is 30.6 Å². The summed E-state index contributed by atoms with van der Waals surface area (Å²) in [7, 11) is 0. The molecule has 0 fully saturated rings. The van der Waals surface area contributed by atoms with Gasteiger partial charge in [0.05, 0.1) is 11.8 Å². The van der Waals surface area contributed by atoms with Crippen molar-refractivity contribution in [2.45, 2.75) is 13.0 Å². The van der Waals surface area contributed by atoms with E-state index in [2.05, 4.69) is 10.2 Å². The number of hydrogen-bond donors (Lipinski definition) is 2. The molecule has 2 heterocycles. The van der Waals surface area contributed by atoms with Gasteiger partial charge >= 0.3 is 0 Å². The van der Waals surface area contributed by atoms with Gasteiger partial charge in [0, 0.05) is 25.0 Å². The summed E-state index contributed by atoms with van der Waals surface area (Å²) in [5.41, 5.74) is 9.67. The van der Waals surface area contributed by atoms with E-state index < -0.39 is 0 Å². The quantitative estimate of drug-likeness (QED) is 0.737. The Morgan fingerprint density at radius 3 is 3.11 bits per heavy atom. The molecule has 5 nitrogen and oxygen atoms in total. The number of nitrogen functional groups attached to an aromatic ring is 1. The fraction of sp³-hybridized carbons (Fsp3) is 0.231. The Labute approximate surface area is 105 Å². The molecule has 2 aromatic rings. The Balaban J connectivity index is 1.85. The van der Waals surface area contributed by atoms with Gasteiger partial charge in [0.15, 0.2) is 0 Å². The van der Waals surface area contributed by atoms with Gasteiger partial charge in [-0.15, -0.1) is 0 Å². The average Bonchev–Trinajstić information content (AvgIpc) is 2.91. The van der Waals surface area contributed by atoms with Gasteiger partial charge in [0.1, 0.15) is 0 Å². The standard InChI is InChI=1S/C13H14N4O/c14-12-3-1-2-9-8-17(5-4-11(9)12)13(18)10-6-15-16-7-10/h1-3,6-7H,4-5,8,14H2,(H,15,16). The third-order valence-electron chi connectivity index (χ3n) is 3.33. The molecule has 3 N–H and O–H groups in total. The molecule has 1 aliphatic rings. The van der Waals surface area contributed by atoms with Crippen LogP contribution >= 0.6 is 0 Å². The molecule has 92 valence electrons. The van der Waals surface area contributed by atoms with Crippen molar-refractivity contribution in [2.75, 3.05) is 12.3 Å². The molecule has 1 aromatic carbocycles. The number of anilines is 1. The molecule has 3 rings (SSSR count). The van der Waals surface area contributed by atoms with Crippen molar-refractivity contribution in [3.8, 4) is 0 Å². The van der Waals surface area contributed by atoms with Crippen LogP contribution in [-0.4, -0.2) is 27.5 Å². The van der Waals surface area contributed by atoms with Gasteiger partial charge in [-0.2, -0.15) is 5.10 Å². The second-order valence-electron chi connectivity index (χ2n) is 4.45. The summed E-state index contributed by atoms with van der Waals surface area (Å²) in [6.45, 7) is 1.32. The number of nitrogens with zero attached hydrogens (tertiary/aromatic N) is 2. The maximum absolute atomic E-state index is 12.2. The highest BCUT2D eigenvalue weighted by molar-refractivity contribution is 5.93. The third kappa shape index (κ3) is 1.73. The molecule has 0 aliphatic carbocycles. The highest BCUT2D eigenvalue weighted by Crippen LogP contribution is 2.24. The summed E-state index contributed by atoms with van der Waals surface area (Å²) < 4.78 is 0. The molecule has 0 saturated heterocycles. The van der Waals surface area contributed by atoms with Crippen molar-refractivity contribution < 1.29 is 4.79 Å². The number of fused-ring (bicyclic) bond motifs is 1. The lowest BCUT2D eigenvalue weighted by Gasteiger charge is -2.29. The van der Waals surface area contributed by atoms with E-state index in [0.717, 1.165) is 17.7 Å². The van der Waals surface area contributed by atoms with Gasteiger partial charge in [0.25, 0.3) is 5.91 Å². The molecule has 0 radical (unpaired) electrons. The fourth-order valence-electron chi connectivity index (χ4n) is 2.36. The van der Waals surface area contributed by atoms with E-state index in [-0.39, 0.29) is 5.91 Å². The number of nitrogens with two attached hydrogens (primary N) is 1. The van der Waals surface area contributed by atoms with Crippen LogP contribution in [0.1, 0.15) is 21.5 Å². The molecule has 0 bridgehead atoms. The number of H-pyrrole nitrogens is 1. The van der Waals surface area contributed by atoms with Crippen molar-refractivity contribution >= 4 is 11.6 Å². The summed E-state index contributed by atoms with van der Waals surface area (Å²) in [5.74, 6) is 0.0109. The normalized spacial score (nSPS) is 14.3. The minimum Gasteiger partial charge on any atom is -0.398 e. The summed E-state index contributed by atoms with van der Waals surface area (Å²) in [5, 5.41) is 6.46. The molecule has 1 aromatic heterocycles. The summed E-state index contributed by atoms with van der Waals surface area (Å²) in [6, 6.07) is 5.87. The first-order chi connectivity index (χ1) is 8.75. The maximum Gasteiger partial charge on any atom is 0.257 e. The van der Waals surface area contributed by atoms with E-state index in [9.17, 15) is 4.79 Å². The topological polar surface area (TPSA) is 75.0 Å². The number of aromatic amines is 1. The maximum atomic E-state index is 12.2. The van der Waals surface area contributed by atoms with E-state index in [1.165, 1.54) is 5.56 Å². The fourth-order valence-corrected chi connectivity index (χ4v) is 2.36. The van der Waals surface area contributed by atoms with E-state index in [1.54, 1.807) is 12.4 Å². The first-order valence-corrected chi connectivity index (χ1v) is 5.90. The van der Waals surface area contributed by atoms with Gasteiger partial charge in [-0.1, -0.05) is 12.1 Å². The van der Waals surface area contributed by atoms with Crippen LogP contribution in [0.3, 0.4) is 0 Å². The van der Waals surface area contributed by atoms with Gasteiger partial charge in [-0.25, -0.2) is 0 Å². The second kappa shape index (κ2) is 4.18. The first kappa shape index (κ1) is 10.8. The first-order valence-electron chi connectivity index (χ1n) is 5.90. The monoisotopic (exact) mass is 242 g/mol. The highest BCUT2D eigenvalue weighted by Gasteiger charge is 2.23. The largest absolute Gasteiger partial charge is 0.398 e. The van der Waals surface area contributed by atoms with E-state index >= 15 is 0 Å². The van der Waals surface area contributed by atoms with Crippen LogP contribution in [0.2, 0.25) is 0 Å². The number of benzene rings is 1. The Kier molecular flexibility index (Phi) is 2.51. The molecular weight excluding hydrogens is 228 g/mol. The zero-order valence-electron chi connectivity index (χ0n) is 9.89. The SMILES string of the molecule is Nc1cccc2c1CCN(C(=O)c1cn[nH]c1)C2.